The minimum absolute atomic E-state index is 0.00949. The van der Waals surface area contributed by atoms with E-state index in [0.717, 1.165) is 12.0 Å². The molecule has 7 heteroatoms. The van der Waals surface area contributed by atoms with Gasteiger partial charge in [-0.15, -0.1) is 0 Å². The molecule has 0 aliphatic heterocycles. The van der Waals surface area contributed by atoms with Crippen LogP contribution >= 0.6 is 11.6 Å². The van der Waals surface area contributed by atoms with Gasteiger partial charge in [0.25, 0.3) is 0 Å². The highest BCUT2D eigenvalue weighted by atomic mass is 35.5. The molecule has 3 rings (SSSR count). The van der Waals surface area contributed by atoms with Crippen LogP contribution in [0.15, 0.2) is 36.7 Å². The summed E-state index contributed by atoms with van der Waals surface area (Å²) in [5.74, 6) is -0.384. The van der Waals surface area contributed by atoms with Gasteiger partial charge in [0.15, 0.2) is 0 Å². The number of primary amides is 1. The van der Waals surface area contributed by atoms with Crippen molar-refractivity contribution in [3.8, 4) is 0 Å². The molecule has 1 heterocycles. The number of hydrogen-bond donors (Lipinski definition) is 2. The lowest BCUT2D eigenvalue weighted by molar-refractivity contribution is -0.119. The maximum Gasteiger partial charge on any atom is 0.239 e. The molecule has 0 bridgehead atoms. The Balaban J connectivity index is 1.59. The molecule has 2 amide bonds. The molecule has 6 nitrogen and oxygen atoms in total. The number of nitrogens with zero attached hydrogens (tertiary/aromatic N) is 2. The summed E-state index contributed by atoms with van der Waals surface area (Å²) >= 11 is 5.97. The van der Waals surface area contributed by atoms with Crippen molar-refractivity contribution in [2.45, 2.75) is 18.9 Å². The Hall–Kier alpha value is -2.34. The van der Waals surface area contributed by atoms with Crippen molar-refractivity contribution in [1.29, 1.82) is 0 Å². The van der Waals surface area contributed by atoms with Gasteiger partial charge in [-0.1, -0.05) is 23.7 Å². The van der Waals surface area contributed by atoms with Gasteiger partial charge in [0.1, 0.15) is 6.54 Å². The van der Waals surface area contributed by atoms with E-state index in [0.29, 0.717) is 10.7 Å². The number of anilines is 1. The fraction of sp³-hybridized carbons (Fsp3) is 0.267. The zero-order valence-corrected chi connectivity index (χ0v) is 12.5. The number of hydrogen-bond acceptors (Lipinski definition) is 3. The lowest BCUT2D eigenvalue weighted by Crippen LogP contribution is -2.19. The Labute approximate surface area is 132 Å². The van der Waals surface area contributed by atoms with Crippen molar-refractivity contribution in [2.24, 2.45) is 11.7 Å². The first-order valence-electron chi connectivity index (χ1n) is 6.90. The van der Waals surface area contributed by atoms with Crippen LogP contribution in [0.2, 0.25) is 5.02 Å². The molecule has 2 unspecified atom stereocenters. The molecule has 1 fully saturated rings. The van der Waals surface area contributed by atoms with E-state index in [1.807, 2.05) is 24.3 Å². The predicted octanol–water partition coefficient (Wildman–Crippen LogP) is 1.76. The lowest BCUT2D eigenvalue weighted by atomic mass is 10.1. The molecule has 1 saturated carbocycles. The van der Waals surface area contributed by atoms with Gasteiger partial charge in [0, 0.05) is 17.1 Å². The fourth-order valence-corrected chi connectivity index (χ4v) is 2.70. The molecule has 0 spiro atoms. The zero-order valence-electron chi connectivity index (χ0n) is 11.7. The molecule has 1 aliphatic carbocycles. The van der Waals surface area contributed by atoms with Crippen LogP contribution < -0.4 is 11.1 Å². The van der Waals surface area contributed by atoms with Gasteiger partial charge >= 0.3 is 0 Å². The summed E-state index contributed by atoms with van der Waals surface area (Å²) in [4.78, 5) is 23.0. The Bertz CT molecular complexity index is 728. The predicted molar refractivity (Wildman–Crippen MR) is 82.4 cm³/mol. The fourth-order valence-electron chi connectivity index (χ4n) is 2.50. The Kier molecular flexibility index (Phi) is 3.85. The van der Waals surface area contributed by atoms with Crippen LogP contribution in [0.4, 0.5) is 5.69 Å². The summed E-state index contributed by atoms with van der Waals surface area (Å²) in [6, 6.07) is 7.58. The lowest BCUT2D eigenvalue weighted by Gasteiger charge is -2.03. The van der Waals surface area contributed by atoms with E-state index in [1.54, 1.807) is 6.20 Å². The molecule has 22 heavy (non-hydrogen) atoms. The van der Waals surface area contributed by atoms with E-state index < -0.39 is 5.91 Å². The molecule has 0 saturated heterocycles. The largest absolute Gasteiger partial charge is 0.368 e. The summed E-state index contributed by atoms with van der Waals surface area (Å²) in [7, 11) is 0. The molecule has 2 aromatic rings. The minimum atomic E-state index is -0.482. The number of carbonyl (C=O) groups excluding carboxylic acids is 2. The highest BCUT2D eigenvalue weighted by Crippen LogP contribution is 2.48. The Morgan fingerprint density at radius 3 is 3.00 bits per heavy atom. The van der Waals surface area contributed by atoms with E-state index in [-0.39, 0.29) is 24.3 Å². The molecule has 2 atom stereocenters. The Morgan fingerprint density at radius 2 is 2.27 bits per heavy atom. The average Bonchev–Trinajstić information content (AvgIpc) is 3.15. The summed E-state index contributed by atoms with van der Waals surface area (Å²) < 4.78 is 1.39. The van der Waals surface area contributed by atoms with Crippen molar-refractivity contribution in [3.05, 3.63) is 47.2 Å². The highest BCUT2D eigenvalue weighted by Gasteiger charge is 2.44. The van der Waals surface area contributed by atoms with Crippen molar-refractivity contribution < 1.29 is 9.59 Å². The van der Waals surface area contributed by atoms with Gasteiger partial charge in [-0.25, -0.2) is 0 Å². The van der Waals surface area contributed by atoms with Crippen LogP contribution in [-0.2, 0) is 16.1 Å². The second kappa shape index (κ2) is 5.81. The van der Waals surface area contributed by atoms with Gasteiger partial charge < -0.3 is 11.1 Å². The standard InChI is InChI=1S/C15H15ClN4O2/c16-10-3-1-2-9(4-10)12-5-13(12)15(22)19-11-6-18-20(7-11)8-14(17)21/h1-4,6-7,12-13H,5,8H2,(H2,17,21)(H,19,22). The van der Waals surface area contributed by atoms with Gasteiger partial charge in [0.2, 0.25) is 11.8 Å². The number of rotatable bonds is 5. The number of nitrogens with two attached hydrogens (primary N) is 1. The highest BCUT2D eigenvalue weighted by molar-refractivity contribution is 6.30. The first kappa shape index (κ1) is 14.6. The first-order chi connectivity index (χ1) is 10.5. The van der Waals surface area contributed by atoms with Crippen LogP contribution in [0.25, 0.3) is 0 Å². The number of benzene rings is 1. The quantitative estimate of drug-likeness (QED) is 0.880. The summed E-state index contributed by atoms with van der Waals surface area (Å²) in [5, 5.41) is 7.44. The zero-order chi connectivity index (χ0) is 15.7. The van der Waals surface area contributed by atoms with Gasteiger partial charge in [0.05, 0.1) is 11.9 Å². The molecular formula is C15H15ClN4O2. The van der Waals surface area contributed by atoms with Gasteiger partial charge in [-0.05, 0) is 30.0 Å². The van der Waals surface area contributed by atoms with Gasteiger partial charge in [-0.3, -0.25) is 14.3 Å². The van der Waals surface area contributed by atoms with Crippen molar-refractivity contribution in [2.75, 3.05) is 5.32 Å². The molecule has 1 aliphatic rings. The third-order valence-corrected chi connectivity index (χ3v) is 3.86. The first-order valence-corrected chi connectivity index (χ1v) is 7.28. The second-order valence-corrected chi connectivity index (χ2v) is 5.82. The van der Waals surface area contributed by atoms with E-state index in [2.05, 4.69) is 10.4 Å². The molecule has 0 radical (unpaired) electrons. The number of amides is 2. The SMILES string of the molecule is NC(=O)Cn1cc(NC(=O)C2CC2c2cccc(Cl)c2)cn1. The van der Waals surface area contributed by atoms with E-state index in [9.17, 15) is 9.59 Å². The number of nitrogens with one attached hydrogen (secondary N) is 1. The van der Waals surface area contributed by atoms with Crippen LogP contribution in [0, 0.1) is 5.92 Å². The molecule has 1 aromatic carbocycles. The molecule has 3 N–H and O–H groups in total. The monoisotopic (exact) mass is 318 g/mol. The minimum Gasteiger partial charge on any atom is -0.368 e. The molecule has 1 aromatic heterocycles. The Morgan fingerprint density at radius 1 is 1.45 bits per heavy atom. The third kappa shape index (κ3) is 3.28. The van der Waals surface area contributed by atoms with E-state index >= 15 is 0 Å². The number of aromatic nitrogens is 2. The summed E-state index contributed by atoms with van der Waals surface area (Å²) in [6.45, 7) is -0.00949. The average molecular weight is 319 g/mol. The van der Waals surface area contributed by atoms with Crippen molar-refractivity contribution in [1.82, 2.24) is 9.78 Å². The van der Waals surface area contributed by atoms with Crippen LogP contribution in [0.1, 0.15) is 17.9 Å². The molecular weight excluding hydrogens is 304 g/mol. The normalized spacial score (nSPS) is 19.7. The maximum absolute atomic E-state index is 12.2. The van der Waals surface area contributed by atoms with Crippen LogP contribution in [-0.4, -0.2) is 21.6 Å². The van der Waals surface area contributed by atoms with E-state index in [4.69, 9.17) is 17.3 Å². The van der Waals surface area contributed by atoms with E-state index in [1.165, 1.54) is 10.9 Å². The number of carbonyl (C=O) groups is 2. The smallest absolute Gasteiger partial charge is 0.239 e. The molecule has 114 valence electrons. The van der Waals surface area contributed by atoms with Crippen molar-refractivity contribution >= 4 is 29.1 Å². The van der Waals surface area contributed by atoms with Crippen LogP contribution in [0.3, 0.4) is 0 Å². The summed E-state index contributed by atoms with van der Waals surface area (Å²) in [5.41, 5.74) is 6.73. The van der Waals surface area contributed by atoms with Crippen LogP contribution in [0.5, 0.6) is 0 Å². The number of halogens is 1. The second-order valence-electron chi connectivity index (χ2n) is 5.39. The topological polar surface area (TPSA) is 90.0 Å². The van der Waals surface area contributed by atoms with Gasteiger partial charge in [-0.2, -0.15) is 5.10 Å². The summed E-state index contributed by atoms with van der Waals surface area (Å²) in [6.07, 6.45) is 3.89. The van der Waals surface area contributed by atoms with Crippen molar-refractivity contribution in [3.63, 3.8) is 0 Å². The maximum atomic E-state index is 12.2. The third-order valence-electron chi connectivity index (χ3n) is 3.62.